The van der Waals surface area contributed by atoms with E-state index in [1.54, 1.807) is 6.20 Å². The Morgan fingerprint density at radius 1 is 1.36 bits per heavy atom. The van der Waals surface area contributed by atoms with Crippen molar-refractivity contribution in [3.05, 3.63) is 29.2 Å². The zero-order valence-electron chi connectivity index (χ0n) is 8.06. The number of aryl methyl sites for hydroxylation is 1. The fraction of sp³-hybridized carbons (Fsp3) is 0.364. The molecule has 2 aromatic heterocycles. The van der Waals surface area contributed by atoms with Crippen LogP contribution in [-0.2, 0) is 0 Å². The molecule has 0 fully saturated rings. The summed E-state index contributed by atoms with van der Waals surface area (Å²) in [7, 11) is 0. The molecule has 0 aliphatic carbocycles. The normalized spacial score (nSPS) is 8.86. The zero-order chi connectivity index (χ0) is 9.84. The lowest BCUT2D eigenvalue weighted by atomic mass is 10.2. The van der Waals surface area contributed by atoms with Gasteiger partial charge in [-0.2, -0.15) is 0 Å². The Hall–Kier alpha value is -1.02. The molecule has 78 valence electrons. The van der Waals surface area contributed by atoms with Crippen LogP contribution in [0.2, 0.25) is 5.15 Å². The van der Waals surface area contributed by atoms with E-state index < -0.39 is 0 Å². The van der Waals surface area contributed by atoms with Crippen molar-refractivity contribution >= 4 is 22.5 Å². The van der Waals surface area contributed by atoms with E-state index in [4.69, 9.17) is 11.6 Å². The third-order valence-corrected chi connectivity index (χ3v) is 2.03. The first-order valence-electron chi connectivity index (χ1n) is 4.37. The molecule has 0 bridgehead atoms. The van der Waals surface area contributed by atoms with Crippen LogP contribution in [0.1, 0.15) is 26.8 Å². The predicted octanol–water partition coefficient (Wildman–Crippen LogP) is 4.19. The molecule has 0 spiro atoms. The Bertz CT molecular complexity index is 393. The molecule has 0 amide bonds. The number of pyridine rings is 1. The molecule has 2 rings (SSSR count). The van der Waals surface area contributed by atoms with Gasteiger partial charge in [-0.15, -0.1) is 0 Å². The number of aromatic amines is 1. The van der Waals surface area contributed by atoms with E-state index in [9.17, 15) is 0 Å². The van der Waals surface area contributed by atoms with E-state index in [0.717, 1.165) is 16.5 Å². The minimum absolute atomic E-state index is 0. The van der Waals surface area contributed by atoms with Crippen molar-refractivity contribution in [3.8, 4) is 0 Å². The fourth-order valence-corrected chi connectivity index (χ4v) is 1.50. The average molecular weight is 213 g/mol. The molecule has 0 atom stereocenters. The molecule has 1 N–H and O–H groups in total. The van der Waals surface area contributed by atoms with Gasteiger partial charge in [0.2, 0.25) is 0 Å². The van der Waals surface area contributed by atoms with Crippen molar-refractivity contribution in [3.63, 3.8) is 0 Å². The summed E-state index contributed by atoms with van der Waals surface area (Å²) >= 11 is 5.87. The van der Waals surface area contributed by atoms with Gasteiger partial charge in [0.05, 0.1) is 5.52 Å². The van der Waals surface area contributed by atoms with E-state index in [1.807, 2.05) is 33.0 Å². The largest absolute Gasteiger partial charge is 0.361 e. The van der Waals surface area contributed by atoms with Crippen LogP contribution in [0, 0.1) is 6.92 Å². The predicted molar refractivity (Wildman–Crippen MR) is 63.9 cm³/mol. The lowest BCUT2D eigenvalue weighted by Gasteiger charge is -1.92. The maximum absolute atomic E-state index is 5.87. The molecule has 2 heterocycles. The van der Waals surface area contributed by atoms with Gasteiger partial charge in [0.1, 0.15) is 5.15 Å². The number of aromatic nitrogens is 2. The molecular formula is C11H17ClN2. The lowest BCUT2D eigenvalue weighted by Crippen LogP contribution is -1.75. The molecule has 0 aliphatic rings. The van der Waals surface area contributed by atoms with Gasteiger partial charge >= 0.3 is 0 Å². The number of hydrogen-bond donors (Lipinski definition) is 1. The molecule has 0 aliphatic heterocycles. The molecule has 0 radical (unpaired) electrons. The minimum Gasteiger partial charge on any atom is -0.361 e. The second-order valence-electron chi connectivity index (χ2n) is 2.50. The standard InChI is InChI=1S/C8H7ClN2.C2H6.CH4/c1-5-4-11-6-2-3-10-8(9)7(5)6;1-2;/h2-4,11H,1H3;1-2H3;1H4. The Kier molecular flexibility index (Phi) is 5.24. The van der Waals surface area contributed by atoms with Crippen LogP contribution in [-0.4, -0.2) is 9.97 Å². The van der Waals surface area contributed by atoms with Gasteiger partial charge in [-0.1, -0.05) is 32.9 Å². The van der Waals surface area contributed by atoms with Crippen LogP contribution in [0.25, 0.3) is 10.9 Å². The summed E-state index contributed by atoms with van der Waals surface area (Å²) in [5.41, 5.74) is 2.18. The van der Waals surface area contributed by atoms with Crippen LogP contribution in [0.5, 0.6) is 0 Å². The fourth-order valence-electron chi connectivity index (χ4n) is 1.19. The molecule has 0 aromatic carbocycles. The van der Waals surface area contributed by atoms with Gasteiger partial charge in [-0.3, -0.25) is 0 Å². The number of fused-ring (bicyclic) bond motifs is 1. The molecule has 0 saturated carbocycles. The number of nitrogens with zero attached hydrogens (tertiary/aromatic N) is 1. The van der Waals surface area contributed by atoms with E-state index in [1.165, 1.54) is 0 Å². The monoisotopic (exact) mass is 212 g/mol. The summed E-state index contributed by atoms with van der Waals surface area (Å²) in [6, 6.07) is 1.91. The topological polar surface area (TPSA) is 28.7 Å². The zero-order valence-corrected chi connectivity index (χ0v) is 8.81. The molecule has 0 unspecified atom stereocenters. The highest BCUT2D eigenvalue weighted by molar-refractivity contribution is 6.34. The quantitative estimate of drug-likeness (QED) is 0.652. The maximum atomic E-state index is 5.87. The summed E-state index contributed by atoms with van der Waals surface area (Å²) < 4.78 is 0. The van der Waals surface area contributed by atoms with Gasteiger partial charge in [0, 0.05) is 17.8 Å². The van der Waals surface area contributed by atoms with E-state index in [-0.39, 0.29) is 7.43 Å². The third-order valence-electron chi connectivity index (χ3n) is 1.74. The van der Waals surface area contributed by atoms with Crippen molar-refractivity contribution < 1.29 is 0 Å². The number of hydrogen-bond acceptors (Lipinski definition) is 1. The van der Waals surface area contributed by atoms with Gasteiger partial charge in [-0.25, -0.2) is 4.98 Å². The van der Waals surface area contributed by atoms with Crippen LogP contribution < -0.4 is 0 Å². The number of halogens is 1. The second kappa shape index (κ2) is 5.66. The number of H-pyrrole nitrogens is 1. The van der Waals surface area contributed by atoms with Crippen LogP contribution >= 0.6 is 11.6 Å². The highest BCUT2D eigenvalue weighted by atomic mass is 35.5. The van der Waals surface area contributed by atoms with Gasteiger partial charge in [0.15, 0.2) is 0 Å². The van der Waals surface area contributed by atoms with Crippen molar-refractivity contribution in [2.75, 3.05) is 0 Å². The van der Waals surface area contributed by atoms with Gasteiger partial charge < -0.3 is 4.98 Å². The summed E-state index contributed by atoms with van der Waals surface area (Å²) in [6.07, 6.45) is 3.62. The lowest BCUT2D eigenvalue weighted by molar-refractivity contribution is 1.35. The smallest absolute Gasteiger partial charge is 0.138 e. The van der Waals surface area contributed by atoms with Crippen molar-refractivity contribution in [2.45, 2.75) is 28.2 Å². The minimum atomic E-state index is 0. The Balaban J connectivity index is 0.000000531. The first-order chi connectivity index (χ1) is 6.29. The third kappa shape index (κ3) is 2.26. The molecular weight excluding hydrogens is 196 g/mol. The molecule has 14 heavy (non-hydrogen) atoms. The summed E-state index contributed by atoms with van der Waals surface area (Å²) in [6.45, 7) is 6.01. The maximum Gasteiger partial charge on any atom is 0.138 e. The summed E-state index contributed by atoms with van der Waals surface area (Å²) in [5, 5.41) is 1.59. The van der Waals surface area contributed by atoms with Crippen molar-refractivity contribution in [1.82, 2.24) is 9.97 Å². The van der Waals surface area contributed by atoms with Crippen molar-refractivity contribution in [2.24, 2.45) is 0 Å². The van der Waals surface area contributed by atoms with E-state index >= 15 is 0 Å². The molecule has 2 aromatic rings. The number of rotatable bonds is 0. The van der Waals surface area contributed by atoms with Gasteiger partial charge in [-0.05, 0) is 18.6 Å². The summed E-state index contributed by atoms with van der Waals surface area (Å²) in [4.78, 5) is 7.09. The average Bonchev–Trinajstić information content (AvgIpc) is 2.53. The summed E-state index contributed by atoms with van der Waals surface area (Å²) in [5.74, 6) is 0. The van der Waals surface area contributed by atoms with Crippen LogP contribution in [0.15, 0.2) is 18.5 Å². The Morgan fingerprint density at radius 2 is 2.00 bits per heavy atom. The molecule has 3 heteroatoms. The Labute approximate surface area is 90.3 Å². The highest BCUT2D eigenvalue weighted by Gasteiger charge is 2.02. The van der Waals surface area contributed by atoms with Crippen molar-refractivity contribution in [1.29, 1.82) is 0 Å². The van der Waals surface area contributed by atoms with E-state index in [0.29, 0.717) is 5.15 Å². The van der Waals surface area contributed by atoms with E-state index in [2.05, 4.69) is 9.97 Å². The van der Waals surface area contributed by atoms with Crippen LogP contribution in [0.3, 0.4) is 0 Å². The number of nitrogens with one attached hydrogen (secondary N) is 1. The van der Waals surface area contributed by atoms with Crippen LogP contribution in [0.4, 0.5) is 0 Å². The SMILES string of the molecule is C.CC.Cc1c[nH]c2ccnc(Cl)c12. The first-order valence-corrected chi connectivity index (χ1v) is 4.75. The first kappa shape index (κ1) is 13.0. The molecule has 2 nitrogen and oxygen atoms in total. The Morgan fingerprint density at radius 3 is 2.57 bits per heavy atom. The molecule has 0 saturated heterocycles. The second-order valence-corrected chi connectivity index (χ2v) is 2.85. The van der Waals surface area contributed by atoms with Gasteiger partial charge in [0.25, 0.3) is 0 Å². The highest BCUT2D eigenvalue weighted by Crippen LogP contribution is 2.23.